The van der Waals surface area contributed by atoms with Gasteiger partial charge in [-0.1, -0.05) is 30.3 Å². The van der Waals surface area contributed by atoms with Crippen LogP contribution in [-0.4, -0.2) is 45.2 Å². The molecular weight excluding hydrogens is 501 g/mol. The van der Waals surface area contributed by atoms with Gasteiger partial charge in [-0.25, -0.2) is 9.59 Å². The standard InChI is InChI=1S/C20H20INO2.C2H2O4/c21-17-7-5-16(6-8-17)20(23)9-11-22(12-10-20)14-18-13-15-3-1-2-4-19(15)24-18;3-1(4)2(5)6/h1-8,13,23H,9-12,14H2;(H,3,4)(H,5,6). The van der Waals surface area contributed by atoms with Crippen molar-refractivity contribution < 1.29 is 29.3 Å². The van der Waals surface area contributed by atoms with Crippen LogP contribution < -0.4 is 0 Å². The first kappa shape index (κ1) is 22.3. The number of nitrogens with zero attached hydrogens (tertiary/aromatic N) is 1. The molecule has 0 bridgehead atoms. The molecule has 30 heavy (non-hydrogen) atoms. The van der Waals surface area contributed by atoms with Crippen LogP contribution in [-0.2, 0) is 21.7 Å². The molecule has 0 spiro atoms. The minimum Gasteiger partial charge on any atom is -0.473 e. The summed E-state index contributed by atoms with van der Waals surface area (Å²) in [5.74, 6) is -2.65. The van der Waals surface area contributed by atoms with Gasteiger partial charge >= 0.3 is 11.9 Å². The third-order valence-electron chi connectivity index (χ3n) is 5.10. The second-order valence-corrected chi connectivity index (χ2v) is 8.42. The lowest BCUT2D eigenvalue weighted by Gasteiger charge is -2.38. The minimum atomic E-state index is -1.82. The zero-order valence-electron chi connectivity index (χ0n) is 16.1. The highest BCUT2D eigenvalue weighted by molar-refractivity contribution is 14.1. The zero-order chi connectivity index (χ0) is 21.7. The number of carbonyl (C=O) groups is 2. The molecule has 0 aliphatic carbocycles. The number of furan rings is 1. The van der Waals surface area contributed by atoms with E-state index in [1.807, 2.05) is 18.2 Å². The van der Waals surface area contributed by atoms with Crippen LogP contribution in [0.5, 0.6) is 0 Å². The summed E-state index contributed by atoms with van der Waals surface area (Å²) < 4.78 is 7.11. The highest BCUT2D eigenvalue weighted by Crippen LogP contribution is 2.33. The van der Waals surface area contributed by atoms with Gasteiger partial charge in [-0.3, -0.25) is 4.90 Å². The Labute approximate surface area is 187 Å². The Hall–Kier alpha value is -2.43. The quantitative estimate of drug-likeness (QED) is 0.355. The fourth-order valence-corrected chi connectivity index (χ4v) is 3.82. The van der Waals surface area contributed by atoms with E-state index >= 15 is 0 Å². The number of hydrogen-bond donors (Lipinski definition) is 3. The Balaban J connectivity index is 0.000000377. The summed E-state index contributed by atoms with van der Waals surface area (Å²) in [5.41, 5.74) is 1.28. The molecule has 8 heteroatoms. The first-order valence-electron chi connectivity index (χ1n) is 9.41. The minimum absolute atomic E-state index is 0.700. The van der Waals surface area contributed by atoms with Gasteiger partial charge in [0.2, 0.25) is 0 Å². The second-order valence-electron chi connectivity index (χ2n) is 7.18. The predicted octanol–water partition coefficient (Wildman–Crippen LogP) is 3.68. The van der Waals surface area contributed by atoms with Gasteiger partial charge in [-0.2, -0.15) is 0 Å². The van der Waals surface area contributed by atoms with Gasteiger partial charge < -0.3 is 19.7 Å². The Morgan fingerprint density at radius 3 is 2.17 bits per heavy atom. The monoisotopic (exact) mass is 523 g/mol. The Bertz CT molecular complexity index is 977. The molecule has 1 aliphatic heterocycles. The van der Waals surface area contributed by atoms with E-state index in [0.717, 1.165) is 54.8 Å². The van der Waals surface area contributed by atoms with E-state index in [1.165, 1.54) is 3.57 Å². The van der Waals surface area contributed by atoms with E-state index in [4.69, 9.17) is 24.2 Å². The molecule has 2 aromatic carbocycles. The fourth-order valence-electron chi connectivity index (χ4n) is 3.47. The van der Waals surface area contributed by atoms with Gasteiger partial charge in [0.05, 0.1) is 12.1 Å². The van der Waals surface area contributed by atoms with Crippen LogP contribution in [0.2, 0.25) is 0 Å². The number of piperidine rings is 1. The summed E-state index contributed by atoms with van der Waals surface area (Å²) in [6.07, 6.45) is 1.52. The number of para-hydroxylation sites is 1. The molecular formula is C22H22INO6. The topological polar surface area (TPSA) is 111 Å². The molecule has 158 valence electrons. The Morgan fingerprint density at radius 2 is 1.60 bits per heavy atom. The molecule has 1 saturated heterocycles. The Kier molecular flexibility index (Phi) is 7.11. The summed E-state index contributed by atoms with van der Waals surface area (Å²) in [6, 6.07) is 18.5. The zero-order valence-corrected chi connectivity index (χ0v) is 18.3. The molecule has 1 aromatic heterocycles. The first-order chi connectivity index (χ1) is 14.3. The number of hydrogen-bond acceptors (Lipinski definition) is 5. The van der Waals surface area contributed by atoms with Crippen LogP contribution in [0.3, 0.4) is 0 Å². The third-order valence-corrected chi connectivity index (χ3v) is 5.82. The van der Waals surface area contributed by atoms with Crippen molar-refractivity contribution in [3.05, 3.63) is 69.5 Å². The van der Waals surface area contributed by atoms with Gasteiger partial charge in [0, 0.05) is 22.0 Å². The van der Waals surface area contributed by atoms with Crippen molar-refractivity contribution in [1.29, 1.82) is 0 Å². The number of fused-ring (bicyclic) bond motifs is 1. The van der Waals surface area contributed by atoms with Crippen LogP contribution in [0.15, 0.2) is 59.0 Å². The normalized spacial score (nSPS) is 15.9. The molecule has 0 atom stereocenters. The molecule has 0 radical (unpaired) electrons. The summed E-state index contributed by atoms with van der Waals surface area (Å²) in [5, 5.41) is 26.9. The van der Waals surface area contributed by atoms with Crippen LogP contribution in [0.4, 0.5) is 0 Å². The highest BCUT2D eigenvalue weighted by Gasteiger charge is 2.34. The second kappa shape index (κ2) is 9.59. The van der Waals surface area contributed by atoms with Gasteiger partial charge in [0.25, 0.3) is 0 Å². The van der Waals surface area contributed by atoms with Crippen LogP contribution >= 0.6 is 22.6 Å². The highest BCUT2D eigenvalue weighted by atomic mass is 127. The number of carboxylic acid groups (broad SMARTS) is 2. The van der Waals surface area contributed by atoms with Gasteiger partial charge in [0.1, 0.15) is 11.3 Å². The average Bonchev–Trinajstić information content (AvgIpc) is 3.13. The van der Waals surface area contributed by atoms with Crippen molar-refractivity contribution in [2.75, 3.05) is 13.1 Å². The van der Waals surface area contributed by atoms with Crippen molar-refractivity contribution in [3.8, 4) is 0 Å². The fraction of sp³-hybridized carbons (Fsp3) is 0.273. The molecule has 7 nitrogen and oxygen atoms in total. The smallest absolute Gasteiger partial charge is 0.414 e. The van der Waals surface area contributed by atoms with E-state index in [-0.39, 0.29) is 0 Å². The number of rotatable bonds is 3. The number of likely N-dealkylation sites (tertiary alicyclic amines) is 1. The van der Waals surface area contributed by atoms with E-state index in [0.29, 0.717) is 0 Å². The van der Waals surface area contributed by atoms with Crippen molar-refractivity contribution in [2.24, 2.45) is 0 Å². The van der Waals surface area contributed by atoms with Crippen molar-refractivity contribution in [3.63, 3.8) is 0 Å². The lowest BCUT2D eigenvalue weighted by Crippen LogP contribution is -2.42. The maximum atomic E-state index is 11.0. The number of aliphatic hydroxyl groups is 1. The molecule has 0 saturated carbocycles. The van der Waals surface area contributed by atoms with E-state index in [1.54, 1.807) is 0 Å². The van der Waals surface area contributed by atoms with Gasteiger partial charge in [-0.05, 0) is 65.3 Å². The lowest BCUT2D eigenvalue weighted by atomic mass is 9.84. The summed E-state index contributed by atoms with van der Waals surface area (Å²) in [7, 11) is 0. The van der Waals surface area contributed by atoms with Gasteiger partial charge in [0.15, 0.2) is 0 Å². The summed E-state index contributed by atoms with van der Waals surface area (Å²) >= 11 is 2.29. The maximum absolute atomic E-state index is 11.0. The van der Waals surface area contributed by atoms with Crippen LogP contribution in [0.1, 0.15) is 24.2 Å². The summed E-state index contributed by atoms with van der Waals surface area (Å²) in [6.45, 7) is 2.55. The molecule has 0 unspecified atom stereocenters. The lowest BCUT2D eigenvalue weighted by molar-refractivity contribution is -0.159. The average molecular weight is 523 g/mol. The largest absolute Gasteiger partial charge is 0.473 e. The molecule has 4 rings (SSSR count). The first-order valence-corrected chi connectivity index (χ1v) is 10.5. The summed E-state index contributed by atoms with van der Waals surface area (Å²) in [4.78, 5) is 20.6. The van der Waals surface area contributed by atoms with E-state index < -0.39 is 17.5 Å². The van der Waals surface area contributed by atoms with Crippen molar-refractivity contribution in [2.45, 2.75) is 25.0 Å². The SMILES string of the molecule is O=C(O)C(=O)O.OC1(c2ccc(I)cc2)CCN(Cc2cc3ccccc3o2)CC1. The maximum Gasteiger partial charge on any atom is 0.414 e. The molecule has 1 fully saturated rings. The van der Waals surface area contributed by atoms with Crippen molar-refractivity contribution >= 4 is 45.5 Å². The van der Waals surface area contributed by atoms with Crippen molar-refractivity contribution in [1.82, 2.24) is 4.90 Å². The van der Waals surface area contributed by atoms with Crippen LogP contribution in [0.25, 0.3) is 11.0 Å². The van der Waals surface area contributed by atoms with Gasteiger partial charge in [-0.15, -0.1) is 0 Å². The molecule has 3 N–H and O–H groups in total. The number of carboxylic acids is 2. The molecule has 3 aromatic rings. The third kappa shape index (κ3) is 5.59. The number of halogens is 1. The van der Waals surface area contributed by atoms with E-state index in [2.05, 4.69) is 63.9 Å². The number of aliphatic carboxylic acids is 2. The van der Waals surface area contributed by atoms with E-state index in [9.17, 15) is 5.11 Å². The molecule has 0 amide bonds. The van der Waals surface area contributed by atoms with Crippen LogP contribution in [0, 0.1) is 3.57 Å². The molecule has 2 heterocycles. The number of benzene rings is 2. The predicted molar refractivity (Wildman–Crippen MR) is 119 cm³/mol. The Morgan fingerprint density at radius 1 is 1.00 bits per heavy atom. The molecule has 1 aliphatic rings.